The number of piperidine rings is 1. The van der Waals surface area contributed by atoms with Gasteiger partial charge in [-0.2, -0.15) is 5.10 Å². The van der Waals surface area contributed by atoms with E-state index >= 15 is 0 Å². The van der Waals surface area contributed by atoms with E-state index in [9.17, 15) is 0 Å². The molecule has 108 valence electrons. The standard InChI is InChI=1S/C16H23N3O/c1-2-19-16-8-4-3-7-14(16)15(18-19)12-20-11-13-6-5-9-17-10-13/h3-4,7-8,13,17H,2,5-6,9-12H2,1H3. The third-order valence-corrected chi connectivity index (χ3v) is 4.03. The molecular weight excluding hydrogens is 250 g/mol. The summed E-state index contributed by atoms with van der Waals surface area (Å²) in [5.74, 6) is 0.656. The molecule has 0 saturated carbocycles. The van der Waals surface area contributed by atoms with Crippen molar-refractivity contribution in [2.24, 2.45) is 5.92 Å². The third kappa shape index (κ3) is 2.86. The van der Waals surface area contributed by atoms with Crippen LogP contribution in [0.25, 0.3) is 10.9 Å². The number of aromatic nitrogens is 2. The Balaban J connectivity index is 1.65. The lowest BCUT2D eigenvalue weighted by Gasteiger charge is -2.22. The number of nitrogens with one attached hydrogen (secondary N) is 1. The van der Waals surface area contributed by atoms with E-state index in [1.165, 1.54) is 23.7 Å². The number of benzene rings is 1. The second-order valence-electron chi connectivity index (χ2n) is 5.51. The van der Waals surface area contributed by atoms with Crippen LogP contribution in [0.1, 0.15) is 25.5 Å². The van der Waals surface area contributed by atoms with Crippen LogP contribution in [0.5, 0.6) is 0 Å². The smallest absolute Gasteiger partial charge is 0.0960 e. The van der Waals surface area contributed by atoms with Crippen molar-refractivity contribution in [3.05, 3.63) is 30.0 Å². The van der Waals surface area contributed by atoms with Crippen molar-refractivity contribution in [1.29, 1.82) is 0 Å². The number of ether oxygens (including phenoxy) is 1. The van der Waals surface area contributed by atoms with Gasteiger partial charge in [0.1, 0.15) is 0 Å². The molecule has 1 aliphatic rings. The Hall–Kier alpha value is -1.39. The van der Waals surface area contributed by atoms with E-state index in [0.29, 0.717) is 12.5 Å². The third-order valence-electron chi connectivity index (χ3n) is 4.03. The molecule has 2 aromatic rings. The topological polar surface area (TPSA) is 39.1 Å². The molecular formula is C16H23N3O. The van der Waals surface area contributed by atoms with Crippen LogP contribution in [0.15, 0.2) is 24.3 Å². The number of fused-ring (bicyclic) bond motifs is 1. The maximum Gasteiger partial charge on any atom is 0.0960 e. The first-order valence-corrected chi connectivity index (χ1v) is 7.61. The Morgan fingerprint density at radius 3 is 3.10 bits per heavy atom. The van der Waals surface area contributed by atoms with Gasteiger partial charge in [0, 0.05) is 18.5 Å². The van der Waals surface area contributed by atoms with Gasteiger partial charge in [-0.15, -0.1) is 0 Å². The molecule has 3 rings (SSSR count). The molecule has 0 aliphatic carbocycles. The van der Waals surface area contributed by atoms with Gasteiger partial charge >= 0.3 is 0 Å². The maximum absolute atomic E-state index is 5.91. The van der Waals surface area contributed by atoms with Gasteiger partial charge in [0.2, 0.25) is 0 Å². The summed E-state index contributed by atoms with van der Waals surface area (Å²) in [7, 11) is 0. The van der Waals surface area contributed by atoms with E-state index in [-0.39, 0.29) is 0 Å². The molecule has 0 amide bonds. The molecule has 1 aromatic carbocycles. The molecule has 1 atom stereocenters. The van der Waals surface area contributed by atoms with Crippen LogP contribution in [-0.2, 0) is 17.9 Å². The van der Waals surface area contributed by atoms with Crippen molar-refractivity contribution in [1.82, 2.24) is 15.1 Å². The summed E-state index contributed by atoms with van der Waals surface area (Å²) in [6.07, 6.45) is 2.54. The number of aryl methyl sites for hydroxylation is 1. The van der Waals surface area contributed by atoms with Crippen molar-refractivity contribution in [3.8, 4) is 0 Å². The predicted octanol–water partition coefficient (Wildman–Crippen LogP) is 2.57. The highest BCUT2D eigenvalue weighted by Gasteiger charge is 2.14. The lowest BCUT2D eigenvalue weighted by atomic mass is 10.0. The van der Waals surface area contributed by atoms with Gasteiger partial charge in [-0.05, 0) is 38.3 Å². The molecule has 1 fully saturated rings. The molecule has 1 N–H and O–H groups in total. The van der Waals surface area contributed by atoms with Crippen LogP contribution in [0.3, 0.4) is 0 Å². The van der Waals surface area contributed by atoms with Gasteiger partial charge in [0.25, 0.3) is 0 Å². The number of rotatable bonds is 5. The average molecular weight is 273 g/mol. The van der Waals surface area contributed by atoms with Crippen molar-refractivity contribution < 1.29 is 4.74 Å². The average Bonchev–Trinajstić information content (AvgIpc) is 2.87. The highest BCUT2D eigenvalue weighted by atomic mass is 16.5. The molecule has 1 aromatic heterocycles. The molecule has 2 heterocycles. The van der Waals surface area contributed by atoms with Gasteiger partial charge in [-0.3, -0.25) is 4.68 Å². The maximum atomic E-state index is 5.91. The largest absolute Gasteiger partial charge is 0.375 e. The quantitative estimate of drug-likeness (QED) is 0.910. The van der Waals surface area contributed by atoms with Gasteiger partial charge < -0.3 is 10.1 Å². The summed E-state index contributed by atoms with van der Waals surface area (Å²) < 4.78 is 7.96. The molecule has 1 saturated heterocycles. The summed E-state index contributed by atoms with van der Waals surface area (Å²) in [6, 6.07) is 8.39. The number of para-hydroxylation sites is 1. The summed E-state index contributed by atoms with van der Waals surface area (Å²) in [5.41, 5.74) is 2.26. The van der Waals surface area contributed by atoms with Gasteiger partial charge in [0.15, 0.2) is 0 Å². The summed E-state index contributed by atoms with van der Waals surface area (Å²) in [5, 5.41) is 9.31. The molecule has 1 aliphatic heterocycles. The minimum Gasteiger partial charge on any atom is -0.375 e. The summed E-state index contributed by atoms with van der Waals surface area (Å²) in [4.78, 5) is 0. The number of nitrogens with zero attached hydrogens (tertiary/aromatic N) is 2. The zero-order valence-electron chi connectivity index (χ0n) is 12.1. The first-order valence-electron chi connectivity index (χ1n) is 7.61. The van der Waals surface area contributed by atoms with Crippen LogP contribution >= 0.6 is 0 Å². The zero-order valence-corrected chi connectivity index (χ0v) is 12.1. The first-order chi connectivity index (χ1) is 9.88. The SMILES string of the molecule is CCn1nc(COCC2CCCNC2)c2ccccc21. The van der Waals surface area contributed by atoms with Crippen LogP contribution in [0.4, 0.5) is 0 Å². The van der Waals surface area contributed by atoms with Gasteiger partial charge in [-0.25, -0.2) is 0 Å². The fraction of sp³-hybridized carbons (Fsp3) is 0.562. The Bertz CT molecular complexity index is 558. The lowest BCUT2D eigenvalue weighted by molar-refractivity contribution is 0.0766. The van der Waals surface area contributed by atoms with Gasteiger partial charge in [-0.1, -0.05) is 18.2 Å². The number of hydrogen-bond acceptors (Lipinski definition) is 3. The Morgan fingerprint density at radius 1 is 1.40 bits per heavy atom. The van der Waals surface area contributed by atoms with Crippen molar-refractivity contribution in [3.63, 3.8) is 0 Å². The van der Waals surface area contributed by atoms with Gasteiger partial charge in [0.05, 0.1) is 24.4 Å². The highest BCUT2D eigenvalue weighted by molar-refractivity contribution is 5.81. The van der Waals surface area contributed by atoms with Crippen LogP contribution < -0.4 is 5.32 Å². The summed E-state index contributed by atoms with van der Waals surface area (Å²) >= 11 is 0. The monoisotopic (exact) mass is 273 g/mol. The lowest BCUT2D eigenvalue weighted by Crippen LogP contribution is -2.32. The van der Waals surface area contributed by atoms with Crippen molar-refractivity contribution >= 4 is 10.9 Å². The van der Waals surface area contributed by atoms with E-state index in [1.54, 1.807) is 0 Å². The normalized spacial score (nSPS) is 19.6. The van der Waals surface area contributed by atoms with Crippen LogP contribution in [0, 0.1) is 5.92 Å². The fourth-order valence-corrected chi connectivity index (χ4v) is 2.93. The second kappa shape index (κ2) is 6.37. The summed E-state index contributed by atoms with van der Waals surface area (Å²) in [6.45, 7) is 6.71. The van der Waals surface area contributed by atoms with E-state index in [4.69, 9.17) is 4.74 Å². The van der Waals surface area contributed by atoms with Crippen molar-refractivity contribution in [2.75, 3.05) is 19.7 Å². The first kappa shape index (κ1) is 13.6. The zero-order chi connectivity index (χ0) is 13.8. The Labute approximate surface area is 120 Å². The minimum absolute atomic E-state index is 0.615. The van der Waals surface area contributed by atoms with Crippen LogP contribution in [-0.4, -0.2) is 29.5 Å². The second-order valence-corrected chi connectivity index (χ2v) is 5.51. The molecule has 1 unspecified atom stereocenters. The molecule has 4 heteroatoms. The number of hydrogen-bond donors (Lipinski definition) is 1. The van der Waals surface area contributed by atoms with Crippen molar-refractivity contribution in [2.45, 2.75) is 32.9 Å². The molecule has 0 spiro atoms. The Morgan fingerprint density at radius 2 is 2.30 bits per heavy atom. The van der Waals surface area contributed by atoms with E-state index in [2.05, 4.69) is 46.3 Å². The van der Waals surface area contributed by atoms with E-state index in [0.717, 1.165) is 31.9 Å². The highest BCUT2D eigenvalue weighted by Crippen LogP contribution is 2.19. The van der Waals surface area contributed by atoms with Crippen LogP contribution in [0.2, 0.25) is 0 Å². The molecule has 4 nitrogen and oxygen atoms in total. The minimum atomic E-state index is 0.615. The Kier molecular flexibility index (Phi) is 4.33. The molecule has 0 radical (unpaired) electrons. The van der Waals surface area contributed by atoms with E-state index in [1.807, 2.05) is 0 Å². The fourth-order valence-electron chi connectivity index (χ4n) is 2.93. The predicted molar refractivity (Wildman–Crippen MR) is 80.7 cm³/mol. The van der Waals surface area contributed by atoms with E-state index < -0.39 is 0 Å². The molecule has 20 heavy (non-hydrogen) atoms. The molecule has 0 bridgehead atoms.